The molecule has 0 unspecified atom stereocenters. The van der Waals surface area contributed by atoms with Gasteiger partial charge in [0.15, 0.2) is 0 Å². The molecule has 0 spiro atoms. The monoisotopic (exact) mass is 1990 g/mol. The van der Waals surface area contributed by atoms with E-state index in [9.17, 15) is 0 Å². The molecule has 0 saturated carbocycles. The maximum Gasteiger partial charge on any atom is 0.143 e. The summed E-state index contributed by atoms with van der Waals surface area (Å²) < 4.78 is 25.4. The van der Waals surface area contributed by atoms with Crippen molar-refractivity contribution in [2.45, 2.75) is 119 Å². The number of hydrogen-bond donors (Lipinski definition) is 0. The molecule has 6 aromatic heterocycles. The van der Waals surface area contributed by atoms with Crippen LogP contribution < -0.4 is 0 Å². The van der Waals surface area contributed by atoms with Gasteiger partial charge in [0.1, 0.15) is 33.5 Å². The molecule has 0 amide bonds. The molecule has 6 heterocycles. The van der Waals surface area contributed by atoms with Crippen LogP contribution in [-0.2, 0) is 60.3 Å². The Labute approximate surface area is 690 Å². The van der Waals surface area contributed by atoms with Crippen LogP contribution in [0.4, 0.5) is 0 Å². The fourth-order valence-corrected chi connectivity index (χ4v) is 15.4. The third-order valence-corrected chi connectivity index (χ3v) is 20.9. The average Bonchev–Trinajstić information content (AvgIpc) is 1.72. The third kappa shape index (κ3) is 15.4. The van der Waals surface area contributed by atoms with Crippen LogP contribution in [0.1, 0.15) is 152 Å². The zero-order valence-electron chi connectivity index (χ0n) is 64.4. The molecule has 12 aromatic carbocycles. The van der Waals surface area contributed by atoms with Crippen LogP contribution in [0.3, 0.4) is 0 Å². The molecule has 561 valence electrons. The summed E-state index contributed by atoms with van der Waals surface area (Å²) in [5.41, 5.74) is 27.1. The van der Waals surface area contributed by atoms with Crippen molar-refractivity contribution in [1.82, 2.24) is 28.7 Å². The summed E-state index contributed by atoms with van der Waals surface area (Å²) in [5, 5.41) is 6.93. The maximum absolute atomic E-state index is 6.40. The molecule has 0 aliphatic carbocycles. The Morgan fingerprint density at radius 2 is 0.595 bits per heavy atom. The second-order valence-electron chi connectivity index (χ2n) is 30.0. The van der Waals surface area contributed by atoms with E-state index in [0.717, 1.165) is 106 Å². The molecule has 18 rings (SSSR count). The zero-order chi connectivity index (χ0) is 74.4. The molecule has 0 atom stereocenters. The van der Waals surface area contributed by atoms with Gasteiger partial charge >= 0.3 is 0 Å². The van der Waals surface area contributed by atoms with Crippen molar-refractivity contribution >= 4 is 65.8 Å². The number of hydrogen-bond acceptors (Lipinski definition) is 6. The van der Waals surface area contributed by atoms with Crippen LogP contribution in [0, 0.1) is 18.2 Å². The summed E-state index contributed by atoms with van der Waals surface area (Å²) in [7, 11) is 0. The topological polar surface area (TPSA) is 92.9 Å². The predicted octanol–water partition coefficient (Wildman–Crippen LogP) is 27.5. The van der Waals surface area contributed by atoms with Gasteiger partial charge in [-0.2, -0.15) is 0 Å². The van der Waals surface area contributed by atoms with Gasteiger partial charge in [-0.15, -0.1) is 108 Å². The van der Waals surface area contributed by atoms with E-state index in [1.54, 1.807) is 0 Å². The molecule has 0 saturated heterocycles. The van der Waals surface area contributed by atoms with E-state index in [1.807, 2.05) is 110 Å². The third-order valence-electron chi connectivity index (χ3n) is 20.9. The maximum atomic E-state index is 6.40. The van der Waals surface area contributed by atoms with E-state index in [1.165, 1.54) is 78.3 Å². The summed E-state index contributed by atoms with van der Waals surface area (Å²) in [6.45, 7) is 27.2. The standard InChI is InChI=1S/3C33H29N2O.3Ir/c1-21(2)28-19-24(25-14-10-15-27-26-13-8-9-16-30(26)36-32(25)27)20-29(22(3)4)31(28)35-18-17-34-33(35)23-11-6-5-7-12-23;1-21(2)28-18-25(24-14-15-27-26-12-8-9-13-30(26)36-31(27)20-24)19-29(22(3)4)32(28)35-17-16-34-33(35)23-10-6-5-7-11-23;1-21(2)27-19-25(24-14-15-31-29(18-24)26-12-8-9-13-30(26)36-31)20-28(22(3)4)32(27)35-17-16-34-33(35)23-10-6-5-7-11-23;;;/h5-11,13-22H,1-4H3;2*5-10,12-22H,1-4H3;;;/q3*-1;;;. The number of rotatable bonds is 15. The number of imidazole rings is 3. The molecule has 0 N–H and O–H groups in total. The molecule has 0 aliphatic heterocycles. The molecule has 0 bridgehead atoms. The molecule has 111 heavy (non-hydrogen) atoms. The minimum atomic E-state index is 0. The summed E-state index contributed by atoms with van der Waals surface area (Å²) >= 11 is 0. The van der Waals surface area contributed by atoms with E-state index < -0.39 is 0 Å². The van der Waals surface area contributed by atoms with E-state index >= 15 is 0 Å². The predicted molar refractivity (Wildman–Crippen MR) is 446 cm³/mol. The second kappa shape index (κ2) is 33.7. The van der Waals surface area contributed by atoms with Gasteiger partial charge in [-0.25, -0.2) is 0 Å². The normalized spacial score (nSPS) is 11.5. The van der Waals surface area contributed by atoms with Crippen molar-refractivity contribution in [2.24, 2.45) is 0 Å². The largest absolute Gasteiger partial charge is 0.456 e. The Balaban J connectivity index is 0.000000144. The number of benzene rings is 12. The van der Waals surface area contributed by atoms with Crippen LogP contribution in [0.2, 0.25) is 0 Å². The van der Waals surface area contributed by atoms with E-state index in [2.05, 4.69) is 279 Å². The average molecular weight is 1990 g/mol. The van der Waals surface area contributed by atoms with Gasteiger partial charge in [-0.3, -0.25) is 15.0 Å². The van der Waals surface area contributed by atoms with Gasteiger partial charge in [-0.05, 0) is 176 Å². The quantitative estimate of drug-likeness (QED) is 0.0950. The molecule has 0 aliphatic rings. The van der Waals surface area contributed by atoms with E-state index in [0.29, 0.717) is 35.5 Å². The number of nitrogens with zero attached hydrogens (tertiary/aromatic N) is 6. The number of para-hydroxylation sites is 4. The first-order chi connectivity index (χ1) is 52.5. The van der Waals surface area contributed by atoms with Crippen molar-refractivity contribution in [3.63, 3.8) is 0 Å². The van der Waals surface area contributed by atoms with Gasteiger partial charge in [0.2, 0.25) is 0 Å². The smallest absolute Gasteiger partial charge is 0.143 e. The first kappa shape index (κ1) is 78.7. The Bertz CT molecular complexity index is 6190. The van der Waals surface area contributed by atoms with E-state index in [4.69, 9.17) is 28.2 Å². The van der Waals surface area contributed by atoms with Crippen LogP contribution in [0.5, 0.6) is 0 Å². The number of fused-ring (bicyclic) bond motifs is 9. The molecule has 0 fully saturated rings. The van der Waals surface area contributed by atoms with Crippen molar-refractivity contribution in [1.29, 1.82) is 0 Å². The molecular formula is C99H87Ir3N6O3-3. The Kier molecular flexibility index (Phi) is 23.9. The van der Waals surface area contributed by atoms with Crippen molar-refractivity contribution in [3.05, 3.63) is 325 Å². The summed E-state index contributed by atoms with van der Waals surface area (Å²) in [6.07, 6.45) is 11.9. The van der Waals surface area contributed by atoms with Gasteiger partial charge in [0, 0.05) is 152 Å². The second-order valence-corrected chi connectivity index (χ2v) is 30.0. The van der Waals surface area contributed by atoms with Gasteiger partial charge in [-0.1, -0.05) is 168 Å². The van der Waals surface area contributed by atoms with Crippen molar-refractivity contribution < 1.29 is 73.6 Å². The fraction of sp³-hybridized carbons (Fsp3) is 0.182. The van der Waals surface area contributed by atoms with Gasteiger partial charge < -0.3 is 27.0 Å². The Morgan fingerprint density at radius 1 is 0.270 bits per heavy atom. The zero-order valence-corrected chi connectivity index (χ0v) is 71.5. The molecule has 9 nitrogen and oxygen atoms in total. The number of furan rings is 3. The molecule has 12 heteroatoms. The number of aromatic nitrogens is 6. The minimum absolute atomic E-state index is 0. The Hall–Kier alpha value is -10.4. The van der Waals surface area contributed by atoms with Crippen LogP contribution in [-0.4, -0.2) is 28.7 Å². The van der Waals surface area contributed by atoms with Crippen molar-refractivity contribution in [2.75, 3.05) is 0 Å². The molecule has 3 radical (unpaired) electrons. The van der Waals surface area contributed by atoms with Gasteiger partial charge in [0.25, 0.3) is 0 Å². The van der Waals surface area contributed by atoms with Crippen LogP contribution in [0.15, 0.2) is 287 Å². The fourth-order valence-electron chi connectivity index (χ4n) is 15.4. The summed E-state index contributed by atoms with van der Waals surface area (Å²) in [4.78, 5) is 14.2. The van der Waals surface area contributed by atoms with Crippen LogP contribution >= 0.6 is 0 Å². The summed E-state index contributed by atoms with van der Waals surface area (Å²) in [6, 6.07) is 92.6. The first-order valence-electron chi connectivity index (χ1n) is 37.8. The minimum Gasteiger partial charge on any atom is -0.456 e. The van der Waals surface area contributed by atoms with Gasteiger partial charge in [0.05, 0.1) is 17.5 Å². The van der Waals surface area contributed by atoms with E-state index in [-0.39, 0.29) is 60.3 Å². The molecular weight excluding hydrogens is 1900 g/mol. The van der Waals surface area contributed by atoms with Crippen molar-refractivity contribution in [3.8, 4) is 84.6 Å². The SMILES string of the molecule is CC(C)c1cc(-c2ccc3c(c2)oc2ccccc23)cc(C(C)C)c1-n1ccnc1-c1[c-]cccc1.CC(C)c1cc(-c2ccc3oc4ccccc4c3c2)cc(C(C)C)c1-n1ccnc1-c1[c-]cccc1.CC(C)c1cc(-c2cccc3c2oc2ccccc23)cc(C(C)C)c1-n1ccnc1-c1[c-]cccc1.[Ir].[Ir].[Ir]. The van der Waals surface area contributed by atoms with Crippen LogP contribution in [0.25, 0.3) is 150 Å². The summed E-state index contributed by atoms with van der Waals surface area (Å²) in [5.74, 6) is 4.73. The first-order valence-corrected chi connectivity index (χ1v) is 37.8. The molecule has 18 aromatic rings. The Morgan fingerprint density at radius 3 is 1.00 bits per heavy atom.